The Morgan fingerprint density at radius 2 is 1.71 bits per heavy atom. The third-order valence-electron chi connectivity index (χ3n) is 4.83. The monoisotopic (exact) mass is 363 g/mol. The van der Waals surface area contributed by atoms with Gasteiger partial charge in [-0.3, -0.25) is 4.79 Å². The summed E-state index contributed by atoms with van der Waals surface area (Å²) in [5.74, 6) is -0.682. The highest BCUT2D eigenvalue weighted by Crippen LogP contribution is 2.62. The fourth-order valence-corrected chi connectivity index (χ4v) is 3.08. The summed E-state index contributed by atoms with van der Waals surface area (Å²) in [5.41, 5.74) is -1.53. The minimum atomic E-state index is -4.56. The van der Waals surface area contributed by atoms with Gasteiger partial charge in [0.1, 0.15) is 0 Å². The van der Waals surface area contributed by atoms with Gasteiger partial charge < -0.3 is 5.32 Å². The van der Waals surface area contributed by atoms with Crippen LogP contribution in [0, 0.1) is 10.8 Å². The van der Waals surface area contributed by atoms with E-state index in [2.05, 4.69) is 21.2 Å². The standard InChI is InChI=1S/C15H17BrF3NO/c1-13(2)12(14(13,3)4)20-11(21)9-6-5-8(16)7-10(9)15(17,18)19/h5-7,12H,1-4H3,(H,20,21). The van der Waals surface area contributed by atoms with Crippen molar-refractivity contribution >= 4 is 21.8 Å². The van der Waals surface area contributed by atoms with Gasteiger partial charge in [0.2, 0.25) is 0 Å². The molecule has 1 saturated carbocycles. The molecule has 0 spiro atoms. The molecule has 0 radical (unpaired) electrons. The van der Waals surface area contributed by atoms with Gasteiger partial charge in [0.15, 0.2) is 0 Å². The summed E-state index contributed by atoms with van der Waals surface area (Å²) >= 11 is 3.01. The van der Waals surface area contributed by atoms with E-state index in [1.54, 1.807) is 0 Å². The van der Waals surface area contributed by atoms with E-state index in [1.807, 2.05) is 27.7 Å². The first-order valence-electron chi connectivity index (χ1n) is 6.56. The third kappa shape index (κ3) is 2.70. The molecular weight excluding hydrogens is 347 g/mol. The van der Waals surface area contributed by atoms with Crippen LogP contribution in [0.25, 0.3) is 0 Å². The van der Waals surface area contributed by atoms with Crippen molar-refractivity contribution in [2.24, 2.45) is 10.8 Å². The van der Waals surface area contributed by atoms with E-state index >= 15 is 0 Å². The minimum Gasteiger partial charge on any atom is -0.348 e. The van der Waals surface area contributed by atoms with E-state index in [9.17, 15) is 18.0 Å². The molecular formula is C15H17BrF3NO. The second-order valence-corrected chi connectivity index (χ2v) is 7.45. The zero-order valence-electron chi connectivity index (χ0n) is 12.2. The van der Waals surface area contributed by atoms with E-state index in [4.69, 9.17) is 0 Å². The van der Waals surface area contributed by atoms with Gasteiger partial charge >= 0.3 is 6.18 Å². The van der Waals surface area contributed by atoms with Gasteiger partial charge in [-0.25, -0.2) is 0 Å². The molecule has 6 heteroatoms. The van der Waals surface area contributed by atoms with Crippen molar-refractivity contribution < 1.29 is 18.0 Å². The highest BCUT2D eigenvalue weighted by Gasteiger charge is 2.65. The number of carbonyl (C=O) groups excluding carboxylic acids is 1. The van der Waals surface area contributed by atoms with Crippen molar-refractivity contribution in [2.75, 3.05) is 0 Å². The summed E-state index contributed by atoms with van der Waals surface area (Å²) < 4.78 is 39.4. The van der Waals surface area contributed by atoms with Gasteiger partial charge in [0, 0.05) is 10.5 Å². The van der Waals surface area contributed by atoms with Crippen LogP contribution in [0.2, 0.25) is 0 Å². The van der Waals surface area contributed by atoms with Crippen LogP contribution in [0.5, 0.6) is 0 Å². The zero-order chi connectivity index (χ0) is 16.2. The van der Waals surface area contributed by atoms with Crippen LogP contribution in [0.1, 0.15) is 43.6 Å². The lowest BCUT2D eigenvalue weighted by Gasteiger charge is -2.14. The first-order valence-corrected chi connectivity index (χ1v) is 7.36. The average molecular weight is 364 g/mol. The maximum atomic E-state index is 13.0. The second kappa shape index (κ2) is 4.73. The molecule has 0 aliphatic heterocycles. The lowest BCUT2D eigenvalue weighted by atomic mass is 10.0. The molecule has 2 nitrogen and oxygen atoms in total. The third-order valence-corrected chi connectivity index (χ3v) is 5.32. The number of nitrogens with one attached hydrogen (secondary N) is 1. The summed E-state index contributed by atoms with van der Waals surface area (Å²) in [7, 11) is 0. The van der Waals surface area contributed by atoms with E-state index < -0.39 is 17.6 Å². The lowest BCUT2D eigenvalue weighted by molar-refractivity contribution is -0.138. The number of rotatable bonds is 2. The predicted octanol–water partition coefficient (Wildman–Crippen LogP) is 4.63. The molecule has 1 N–H and O–H groups in total. The normalized spacial score (nSPS) is 20.2. The molecule has 1 aromatic rings. The Kier molecular flexibility index (Phi) is 3.68. The number of hydrogen-bond donors (Lipinski definition) is 1. The van der Waals surface area contributed by atoms with Crippen molar-refractivity contribution in [3.63, 3.8) is 0 Å². The second-order valence-electron chi connectivity index (χ2n) is 6.54. The number of benzene rings is 1. The van der Waals surface area contributed by atoms with Crippen LogP contribution in [-0.2, 0) is 6.18 Å². The predicted molar refractivity (Wildman–Crippen MR) is 78.0 cm³/mol. The average Bonchev–Trinajstić information content (AvgIpc) is 2.70. The molecule has 0 atom stereocenters. The molecule has 0 aromatic heterocycles. The molecule has 1 amide bonds. The molecule has 0 unspecified atom stereocenters. The molecule has 1 fully saturated rings. The van der Waals surface area contributed by atoms with Crippen LogP contribution >= 0.6 is 15.9 Å². The van der Waals surface area contributed by atoms with E-state index in [0.29, 0.717) is 4.47 Å². The lowest BCUT2D eigenvalue weighted by Crippen LogP contribution is -2.31. The van der Waals surface area contributed by atoms with Crippen LogP contribution in [0.3, 0.4) is 0 Å². The smallest absolute Gasteiger partial charge is 0.348 e. The topological polar surface area (TPSA) is 29.1 Å². The Balaban J connectivity index is 2.30. The summed E-state index contributed by atoms with van der Waals surface area (Å²) in [6.07, 6.45) is -4.56. The summed E-state index contributed by atoms with van der Waals surface area (Å²) in [6, 6.07) is 3.43. The number of hydrogen-bond acceptors (Lipinski definition) is 1. The van der Waals surface area contributed by atoms with Crippen molar-refractivity contribution in [2.45, 2.75) is 39.9 Å². The van der Waals surface area contributed by atoms with Gasteiger partial charge in [-0.2, -0.15) is 13.2 Å². The fourth-order valence-electron chi connectivity index (χ4n) is 2.72. The number of carbonyl (C=O) groups is 1. The molecule has 0 heterocycles. The van der Waals surface area contributed by atoms with E-state index in [0.717, 1.165) is 6.07 Å². The molecule has 1 aliphatic rings. The number of alkyl halides is 3. The van der Waals surface area contributed by atoms with Crippen LogP contribution in [-0.4, -0.2) is 11.9 Å². The molecule has 2 rings (SSSR count). The quantitative estimate of drug-likeness (QED) is 0.815. The van der Waals surface area contributed by atoms with Crippen molar-refractivity contribution in [1.29, 1.82) is 0 Å². The Bertz CT molecular complexity index is 579. The SMILES string of the molecule is CC1(C)C(NC(=O)c2ccc(Br)cc2C(F)(F)F)C1(C)C. The van der Waals surface area contributed by atoms with E-state index in [-0.39, 0.29) is 22.4 Å². The zero-order valence-corrected chi connectivity index (χ0v) is 13.8. The van der Waals surface area contributed by atoms with Crippen molar-refractivity contribution in [3.8, 4) is 0 Å². The van der Waals surface area contributed by atoms with Crippen LogP contribution < -0.4 is 5.32 Å². The molecule has 0 bridgehead atoms. The summed E-state index contributed by atoms with van der Waals surface area (Å²) in [5, 5.41) is 2.73. The molecule has 116 valence electrons. The molecule has 21 heavy (non-hydrogen) atoms. The van der Waals surface area contributed by atoms with Gasteiger partial charge in [-0.05, 0) is 29.0 Å². The minimum absolute atomic E-state index is 0.129. The highest BCUT2D eigenvalue weighted by molar-refractivity contribution is 9.10. The largest absolute Gasteiger partial charge is 0.417 e. The van der Waals surface area contributed by atoms with Crippen LogP contribution in [0.4, 0.5) is 13.2 Å². The Morgan fingerprint density at radius 3 is 2.14 bits per heavy atom. The van der Waals surface area contributed by atoms with Gasteiger partial charge in [-0.15, -0.1) is 0 Å². The number of halogens is 4. The van der Waals surface area contributed by atoms with Crippen molar-refractivity contribution in [3.05, 3.63) is 33.8 Å². The first-order chi connectivity index (χ1) is 9.39. The van der Waals surface area contributed by atoms with Gasteiger partial charge in [-0.1, -0.05) is 43.6 Å². The summed E-state index contributed by atoms with van der Waals surface area (Å²) in [4.78, 5) is 12.2. The fraction of sp³-hybridized carbons (Fsp3) is 0.533. The highest BCUT2D eigenvalue weighted by atomic mass is 79.9. The maximum Gasteiger partial charge on any atom is 0.417 e. The Hall–Kier alpha value is -1.04. The van der Waals surface area contributed by atoms with Gasteiger partial charge in [0.25, 0.3) is 5.91 Å². The van der Waals surface area contributed by atoms with Crippen LogP contribution in [0.15, 0.2) is 22.7 Å². The molecule has 1 aromatic carbocycles. The molecule has 0 saturated heterocycles. The Morgan fingerprint density at radius 1 is 1.19 bits per heavy atom. The van der Waals surface area contributed by atoms with E-state index in [1.165, 1.54) is 12.1 Å². The Labute approximate surface area is 130 Å². The van der Waals surface area contributed by atoms with Gasteiger partial charge in [0.05, 0.1) is 11.1 Å². The first kappa shape index (κ1) is 16.3. The number of amides is 1. The van der Waals surface area contributed by atoms with Crippen molar-refractivity contribution in [1.82, 2.24) is 5.32 Å². The summed E-state index contributed by atoms with van der Waals surface area (Å²) in [6.45, 7) is 7.96. The molecule has 1 aliphatic carbocycles. The maximum absolute atomic E-state index is 13.0.